The largest absolute Gasteiger partial charge is 0.448 e. The highest BCUT2D eigenvalue weighted by Gasteiger charge is 2.34. The standard InChI is InChI=1S/C15H18N4O4/c1-9-12(8-16)13(20)17-14(21)19(9)11-4-2-10(3-5-11)18-6-7-23-15(18)22/h10-11H,2-7H2,1H3,(H,17,20,21)/t10-,11-. The molecule has 0 unspecified atom stereocenters. The van der Waals surface area contributed by atoms with Crippen LogP contribution in [0.1, 0.15) is 43.0 Å². The normalized spacial score (nSPS) is 24.3. The van der Waals surface area contributed by atoms with Gasteiger partial charge in [0.15, 0.2) is 0 Å². The topological polar surface area (TPSA) is 108 Å². The van der Waals surface area contributed by atoms with Gasteiger partial charge in [-0.1, -0.05) is 0 Å². The zero-order valence-corrected chi connectivity index (χ0v) is 12.9. The average molecular weight is 318 g/mol. The van der Waals surface area contributed by atoms with Crippen LogP contribution in [-0.4, -0.2) is 39.7 Å². The van der Waals surface area contributed by atoms with Crippen molar-refractivity contribution in [3.63, 3.8) is 0 Å². The van der Waals surface area contributed by atoms with Crippen LogP contribution in [0.25, 0.3) is 0 Å². The summed E-state index contributed by atoms with van der Waals surface area (Å²) >= 11 is 0. The summed E-state index contributed by atoms with van der Waals surface area (Å²) in [6.07, 6.45) is 2.70. The first-order chi connectivity index (χ1) is 11.0. The molecule has 8 heteroatoms. The first kappa shape index (κ1) is 15.3. The van der Waals surface area contributed by atoms with E-state index in [1.807, 2.05) is 6.07 Å². The molecule has 1 aromatic heterocycles. The van der Waals surface area contributed by atoms with E-state index in [2.05, 4.69) is 4.98 Å². The van der Waals surface area contributed by atoms with Gasteiger partial charge in [0.05, 0.1) is 6.54 Å². The van der Waals surface area contributed by atoms with E-state index < -0.39 is 11.2 Å². The van der Waals surface area contributed by atoms with Gasteiger partial charge < -0.3 is 9.64 Å². The van der Waals surface area contributed by atoms with Crippen molar-refractivity contribution in [2.75, 3.05) is 13.2 Å². The number of amides is 1. The van der Waals surface area contributed by atoms with Crippen LogP contribution in [0.15, 0.2) is 9.59 Å². The number of hydrogen-bond donors (Lipinski definition) is 1. The molecule has 23 heavy (non-hydrogen) atoms. The molecule has 1 aliphatic carbocycles. The van der Waals surface area contributed by atoms with E-state index >= 15 is 0 Å². The maximum Gasteiger partial charge on any atom is 0.410 e. The summed E-state index contributed by atoms with van der Waals surface area (Å²) in [6, 6.07) is 1.92. The second-order valence-electron chi connectivity index (χ2n) is 5.97. The Kier molecular flexibility index (Phi) is 3.94. The van der Waals surface area contributed by atoms with E-state index in [-0.39, 0.29) is 23.7 Å². The van der Waals surface area contributed by atoms with Gasteiger partial charge in [-0.2, -0.15) is 5.26 Å². The molecular formula is C15H18N4O4. The number of aromatic amines is 1. The van der Waals surface area contributed by atoms with E-state index in [1.165, 1.54) is 4.57 Å². The Morgan fingerprint density at radius 2 is 1.83 bits per heavy atom. The van der Waals surface area contributed by atoms with Crippen molar-refractivity contribution in [2.24, 2.45) is 0 Å². The highest BCUT2D eigenvalue weighted by atomic mass is 16.6. The van der Waals surface area contributed by atoms with Crippen molar-refractivity contribution in [1.29, 1.82) is 5.26 Å². The molecule has 1 amide bonds. The molecule has 0 aromatic carbocycles. The van der Waals surface area contributed by atoms with Gasteiger partial charge in [-0.05, 0) is 32.6 Å². The molecular weight excluding hydrogens is 300 g/mol. The minimum Gasteiger partial charge on any atom is -0.448 e. The summed E-state index contributed by atoms with van der Waals surface area (Å²) in [4.78, 5) is 39.4. The number of nitrogens with zero attached hydrogens (tertiary/aromatic N) is 3. The van der Waals surface area contributed by atoms with Crippen LogP contribution < -0.4 is 11.2 Å². The lowest BCUT2D eigenvalue weighted by atomic mass is 9.90. The smallest absolute Gasteiger partial charge is 0.410 e. The zero-order valence-electron chi connectivity index (χ0n) is 12.9. The number of hydrogen-bond acceptors (Lipinski definition) is 5. The van der Waals surface area contributed by atoms with Crippen LogP contribution in [0, 0.1) is 18.3 Å². The SMILES string of the molecule is Cc1c(C#N)c(=O)[nH]c(=O)n1[C@H]1CC[C@H](N2CCOC2=O)CC1. The first-order valence-corrected chi connectivity index (χ1v) is 7.72. The number of nitriles is 1. The lowest BCUT2D eigenvalue weighted by Crippen LogP contribution is -2.42. The Balaban J connectivity index is 1.81. The van der Waals surface area contributed by atoms with Crippen molar-refractivity contribution in [3.8, 4) is 6.07 Å². The van der Waals surface area contributed by atoms with E-state index in [4.69, 9.17) is 10.00 Å². The van der Waals surface area contributed by atoms with Crippen LogP contribution in [-0.2, 0) is 4.74 Å². The summed E-state index contributed by atoms with van der Waals surface area (Å²) in [5.41, 5.74) is -0.726. The van der Waals surface area contributed by atoms with Crippen molar-refractivity contribution < 1.29 is 9.53 Å². The fraction of sp³-hybridized carbons (Fsp3) is 0.600. The predicted octanol–water partition coefficient (Wildman–Crippen LogP) is 0.653. The molecule has 0 bridgehead atoms. The average Bonchev–Trinajstić information content (AvgIpc) is 2.94. The number of carbonyl (C=O) groups excluding carboxylic acids is 1. The van der Waals surface area contributed by atoms with Crippen LogP contribution in [0.4, 0.5) is 4.79 Å². The number of carbonyl (C=O) groups is 1. The van der Waals surface area contributed by atoms with Crippen molar-refractivity contribution in [3.05, 3.63) is 32.1 Å². The predicted molar refractivity (Wildman–Crippen MR) is 80.1 cm³/mol. The second-order valence-corrected chi connectivity index (χ2v) is 5.97. The third-order valence-electron chi connectivity index (χ3n) is 4.77. The molecule has 1 N–H and O–H groups in total. The van der Waals surface area contributed by atoms with Crippen LogP contribution in [0.2, 0.25) is 0 Å². The molecule has 1 aromatic rings. The van der Waals surface area contributed by atoms with Crippen LogP contribution in [0.5, 0.6) is 0 Å². The van der Waals surface area contributed by atoms with Crippen molar-refractivity contribution >= 4 is 6.09 Å². The number of cyclic esters (lactones) is 1. The van der Waals surface area contributed by atoms with Crippen molar-refractivity contribution in [2.45, 2.75) is 44.7 Å². The van der Waals surface area contributed by atoms with Crippen LogP contribution >= 0.6 is 0 Å². The van der Waals surface area contributed by atoms with E-state index in [9.17, 15) is 14.4 Å². The van der Waals surface area contributed by atoms with E-state index in [0.717, 1.165) is 12.8 Å². The third kappa shape index (κ3) is 2.63. The highest BCUT2D eigenvalue weighted by Crippen LogP contribution is 2.32. The maximum atomic E-state index is 12.1. The quantitative estimate of drug-likeness (QED) is 0.861. The monoisotopic (exact) mass is 318 g/mol. The minimum atomic E-state index is -0.639. The van der Waals surface area contributed by atoms with Gasteiger partial charge in [0.25, 0.3) is 5.56 Å². The molecule has 2 aliphatic rings. The number of H-pyrrole nitrogens is 1. The Labute approximate surface area is 132 Å². The van der Waals surface area contributed by atoms with Gasteiger partial charge in [-0.15, -0.1) is 0 Å². The lowest BCUT2D eigenvalue weighted by molar-refractivity contribution is 0.132. The maximum absolute atomic E-state index is 12.1. The molecule has 8 nitrogen and oxygen atoms in total. The Morgan fingerprint density at radius 1 is 1.17 bits per heavy atom. The summed E-state index contributed by atoms with van der Waals surface area (Å²) < 4.78 is 6.48. The summed E-state index contributed by atoms with van der Waals surface area (Å²) in [6.45, 7) is 2.67. The van der Waals surface area contributed by atoms with Gasteiger partial charge in [-0.3, -0.25) is 14.3 Å². The Bertz CT molecular complexity index is 780. The number of aromatic nitrogens is 2. The van der Waals surface area contributed by atoms with Crippen molar-refractivity contribution in [1.82, 2.24) is 14.5 Å². The molecule has 2 heterocycles. The number of rotatable bonds is 2. The van der Waals surface area contributed by atoms with E-state index in [0.29, 0.717) is 31.7 Å². The number of nitrogens with one attached hydrogen (secondary N) is 1. The molecule has 0 atom stereocenters. The van der Waals surface area contributed by atoms with Gasteiger partial charge in [-0.25, -0.2) is 9.59 Å². The zero-order chi connectivity index (χ0) is 16.6. The second kappa shape index (κ2) is 5.91. The molecule has 122 valence electrons. The Hall–Kier alpha value is -2.56. The minimum absolute atomic E-state index is 0.0187. The molecule has 0 spiro atoms. The van der Waals surface area contributed by atoms with E-state index in [1.54, 1.807) is 11.8 Å². The molecule has 0 radical (unpaired) electrons. The molecule has 1 saturated carbocycles. The first-order valence-electron chi connectivity index (χ1n) is 7.72. The highest BCUT2D eigenvalue weighted by molar-refractivity contribution is 5.69. The van der Waals surface area contributed by atoms with Gasteiger partial charge in [0, 0.05) is 17.8 Å². The molecule has 3 rings (SSSR count). The van der Waals surface area contributed by atoms with Gasteiger partial charge in [0.1, 0.15) is 18.2 Å². The lowest BCUT2D eigenvalue weighted by Gasteiger charge is -2.34. The summed E-state index contributed by atoms with van der Waals surface area (Å²) in [5, 5.41) is 9.08. The number of ether oxygens (including phenoxy) is 1. The third-order valence-corrected chi connectivity index (χ3v) is 4.77. The van der Waals surface area contributed by atoms with Crippen LogP contribution in [0.3, 0.4) is 0 Å². The molecule has 1 saturated heterocycles. The van der Waals surface area contributed by atoms with Gasteiger partial charge >= 0.3 is 11.8 Å². The molecule has 2 fully saturated rings. The Morgan fingerprint density at radius 3 is 2.39 bits per heavy atom. The molecule has 1 aliphatic heterocycles. The summed E-state index contributed by atoms with van der Waals surface area (Å²) in [5.74, 6) is 0. The fourth-order valence-corrected chi connectivity index (χ4v) is 3.59. The van der Waals surface area contributed by atoms with Gasteiger partial charge in [0.2, 0.25) is 0 Å². The summed E-state index contributed by atoms with van der Waals surface area (Å²) in [7, 11) is 0. The fourth-order valence-electron chi connectivity index (χ4n) is 3.59.